The number of hydrogen-bond acceptors (Lipinski definition) is 1. The Balaban J connectivity index is 1.69. The molecule has 2 aliphatic rings. The first-order chi connectivity index (χ1) is 7.55. The van der Waals surface area contributed by atoms with Crippen LogP contribution in [-0.2, 0) is 0 Å². The van der Waals surface area contributed by atoms with E-state index in [2.05, 4.69) is 26.1 Å². The molecule has 0 aromatic rings. The van der Waals surface area contributed by atoms with Gasteiger partial charge in [0.2, 0.25) is 0 Å². The van der Waals surface area contributed by atoms with Crippen molar-refractivity contribution in [2.24, 2.45) is 17.3 Å². The minimum absolute atomic E-state index is 0.582. The third-order valence-electron chi connectivity index (χ3n) is 4.70. The van der Waals surface area contributed by atoms with E-state index in [0.29, 0.717) is 5.41 Å². The van der Waals surface area contributed by atoms with Crippen LogP contribution in [0.5, 0.6) is 0 Å². The normalized spacial score (nSPS) is 38.8. The Hall–Kier alpha value is -0.0400. The van der Waals surface area contributed by atoms with E-state index in [1.165, 1.54) is 51.5 Å². The van der Waals surface area contributed by atoms with Gasteiger partial charge in [-0.1, -0.05) is 33.6 Å². The summed E-state index contributed by atoms with van der Waals surface area (Å²) in [7, 11) is 0. The number of rotatable bonds is 3. The second-order valence-corrected chi connectivity index (χ2v) is 7.15. The highest BCUT2D eigenvalue weighted by atomic mass is 14.9. The Morgan fingerprint density at radius 2 is 2.00 bits per heavy atom. The van der Waals surface area contributed by atoms with Crippen molar-refractivity contribution in [3.05, 3.63) is 0 Å². The summed E-state index contributed by atoms with van der Waals surface area (Å²) in [4.78, 5) is 0. The molecule has 1 N–H and O–H groups in total. The van der Waals surface area contributed by atoms with Crippen molar-refractivity contribution in [2.75, 3.05) is 6.54 Å². The van der Waals surface area contributed by atoms with Gasteiger partial charge in [0.15, 0.2) is 0 Å². The van der Waals surface area contributed by atoms with Gasteiger partial charge in [-0.2, -0.15) is 0 Å². The standard InChI is InChI=1S/C15H29N/c1-12-6-7-13(9-12)11-16-14-5-4-8-15(2,3)10-14/h12-14,16H,4-11H2,1-3H3. The summed E-state index contributed by atoms with van der Waals surface area (Å²) in [6.07, 6.45) is 10.0. The van der Waals surface area contributed by atoms with Crippen LogP contribution in [0.4, 0.5) is 0 Å². The zero-order valence-corrected chi connectivity index (χ0v) is 11.4. The molecule has 2 rings (SSSR count). The fraction of sp³-hybridized carbons (Fsp3) is 1.00. The van der Waals surface area contributed by atoms with Gasteiger partial charge < -0.3 is 5.32 Å². The summed E-state index contributed by atoms with van der Waals surface area (Å²) in [5, 5.41) is 3.84. The molecule has 0 radical (unpaired) electrons. The molecule has 2 aliphatic carbocycles. The van der Waals surface area contributed by atoms with Crippen molar-refractivity contribution < 1.29 is 0 Å². The molecule has 16 heavy (non-hydrogen) atoms. The van der Waals surface area contributed by atoms with Crippen LogP contribution in [0.25, 0.3) is 0 Å². The summed E-state index contributed by atoms with van der Waals surface area (Å²) in [5.74, 6) is 1.95. The average Bonchev–Trinajstić information content (AvgIpc) is 2.60. The molecule has 3 atom stereocenters. The monoisotopic (exact) mass is 223 g/mol. The second-order valence-electron chi connectivity index (χ2n) is 7.15. The molecule has 0 amide bonds. The van der Waals surface area contributed by atoms with Crippen LogP contribution in [0.1, 0.15) is 65.7 Å². The Morgan fingerprint density at radius 3 is 2.62 bits per heavy atom. The summed E-state index contributed by atoms with van der Waals surface area (Å²) in [6.45, 7) is 8.55. The Labute approximate surface area is 101 Å². The quantitative estimate of drug-likeness (QED) is 0.763. The Kier molecular flexibility index (Phi) is 3.94. The molecule has 2 fully saturated rings. The van der Waals surface area contributed by atoms with Gasteiger partial charge in [0.25, 0.3) is 0 Å². The van der Waals surface area contributed by atoms with E-state index < -0.39 is 0 Å². The van der Waals surface area contributed by atoms with Crippen molar-refractivity contribution >= 4 is 0 Å². The summed E-state index contributed by atoms with van der Waals surface area (Å²) < 4.78 is 0. The van der Waals surface area contributed by atoms with E-state index in [0.717, 1.165) is 17.9 Å². The fourth-order valence-corrected chi connectivity index (χ4v) is 3.72. The molecule has 0 heterocycles. The largest absolute Gasteiger partial charge is 0.314 e. The van der Waals surface area contributed by atoms with Gasteiger partial charge in [0, 0.05) is 6.04 Å². The van der Waals surface area contributed by atoms with E-state index in [-0.39, 0.29) is 0 Å². The van der Waals surface area contributed by atoms with Crippen LogP contribution in [0.15, 0.2) is 0 Å². The van der Waals surface area contributed by atoms with E-state index >= 15 is 0 Å². The molecule has 1 nitrogen and oxygen atoms in total. The van der Waals surface area contributed by atoms with Crippen LogP contribution in [0.2, 0.25) is 0 Å². The summed E-state index contributed by atoms with van der Waals surface area (Å²) >= 11 is 0. The lowest BCUT2D eigenvalue weighted by Crippen LogP contribution is -2.39. The van der Waals surface area contributed by atoms with E-state index in [9.17, 15) is 0 Å². The van der Waals surface area contributed by atoms with Crippen LogP contribution in [0, 0.1) is 17.3 Å². The van der Waals surface area contributed by atoms with Crippen LogP contribution < -0.4 is 5.32 Å². The van der Waals surface area contributed by atoms with Crippen LogP contribution in [0.3, 0.4) is 0 Å². The number of nitrogens with one attached hydrogen (secondary N) is 1. The van der Waals surface area contributed by atoms with Gasteiger partial charge in [-0.25, -0.2) is 0 Å². The predicted molar refractivity (Wildman–Crippen MR) is 70.5 cm³/mol. The molecule has 0 spiro atoms. The minimum Gasteiger partial charge on any atom is -0.314 e. The fourth-order valence-electron chi connectivity index (χ4n) is 3.72. The summed E-state index contributed by atoms with van der Waals surface area (Å²) in [6, 6.07) is 0.805. The first kappa shape index (κ1) is 12.4. The van der Waals surface area contributed by atoms with Gasteiger partial charge in [-0.05, 0) is 55.9 Å². The lowest BCUT2D eigenvalue weighted by molar-refractivity contribution is 0.194. The number of hydrogen-bond donors (Lipinski definition) is 1. The third kappa shape index (κ3) is 3.48. The first-order valence-corrected chi connectivity index (χ1v) is 7.28. The molecule has 1 heteroatoms. The summed E-state index contributed by atoms with van der Waals surface area (Å²) in [5.41, 5.74) is 0.582. The molecule has 0 aromatic carbocycles. The lowest BCUT2D eigenvalue weighted by atomic mass is 9.75. The molecule has 0 aromatic heterocycles. The van der Waals surface area contributed by atoms with Crippen molar-refractivity contribution in [1.29, 1.82) is 0 Å². The lowest BCUT2D eigenvalue weighted by Gasteiger charge is -2.36. The Bertz CT molecular complexity index is 221. The highest BCUT2D eigenvalue weighted by molar-refractivity contribution is 4.84. The molecule has 0 saturated heterocycles. The maximum atomic E-state index is 3.84. The zero-order chi connectivity index (χ0) is 11.6. The highest BCUT2D eigenvalue weighted by Gasteiger charge is 2.28. The van der Waals surface area contributed by atoms with Crippen molar-refractivity contribution in [1.82, 2.24) is 5.32 Å². The average molecular weight is 223 g/mol. The van der Waals surface area contributed by atoms with Gasteiger partial charge >= 0.3 is 0 Å². The van der Waals surface area contributed by atoms with Gasteiger partial charge in [-0.3, -0.25) is 0 Å². The minimum atomic E-state index is 0.582. The second kappa shape index (κ2) is 5.08. The molecule has 0 aliphatic heterocycles. The molecule has 3 unspecified atom stereocenters. The molecular weight excluding hydrogens is 194 g/mol. The van der Waals surface area contributed by atoms with Crippen molar-refractivity contribution in [3.8, 4) is 0 Å². The van der Waals surface area contributed by atoms with Crippen LogP contribution >= 0.6 is 0 Å². The van der Waals surface area contributed by atoms with Gasteiger partial charge in [0.05, 0.1) is 0 Å². The van der Waals surface area contributed by atoms with Crippen LogP contribution in [-0.4, -0.2) is 12.6 Å². The van der Waals surface area contributed by atoms with Crippen molar-refractivity contribution in [2.45, 2.75) is 71.8 Å². The molecule has 0 bridgehead atoms. The molecule has 2 saturated carbocycles. The van der Waals surface area contributed by atoms with E-state index in [1.807, 2.05) is 0 Å². The molecular formula is C15H29N. The predicted octanol–water partition coefficient (Wildman–Crippen LogP) is 3.98. The Morgan fingerprint density at radius 1 is 1.19 bits per heavy atom. The van der Waals surface area contributed by atoms with E-state index in [1.54, 1.807) is 0 Å². The smallest absolute Gasteiger partial charge is 0.00722 e. The SMILES string of the molecule is CC1CCC(CNC2CCCC(C)(C)C2)C1. The maximum absolute atomic E-state index is 3.84. The van der Waals surface area contributed by atoms with Crippen molar-refractivity contribution in [3.63, 3.8) is 0 Å². The topological polar surface area (TPSA) is 12.0 Å². The third-order valence-corrected chi connectivity index (χ3v) is 4.70. The first-order valence-electron chi connectivity index (χ1n) is 7.28. The highest BCUT2D eigenvalue weighted by Crippen LogP contribution is 2.35. The van der Waals surface area contributed by atoms with Gasteiger partial charge in [-0.15, -0.1) is 0 Å². The molecule has 94 valence electrons. The maximum Gasteiger partial charge on any atom is 0.00722 e. The van der Waals surface area contributed by atoms with Gasteiger partial charge in [0.1, 0.15) is 0 Å². The zero-order valence-electron chi connectivity index (χ0n) is 11.4. The van der Waals surface area contributed by atoms with E-state index in [4.69, 9.17) is 0 Å².